The predicted molar refractivity (Wildman–Crippen MR) is 74.6 cm³/mol. The molecule has 0 heterocycles. The molecule has 1 aromatic rings. The van der Waals surface area contributed by atoms with Crippen LogP contribution in [-0.4, -0.2) is 30.6 Å². The molecule has 1 aliphatic rings. The number of nitrogens with one attached hydrogen (secondary N) is 1. The zero-order valence-electron chi connectivity index (χ0n) is 11.7. The molecule has 6 heteroatoms. The van der Waals surface area contributed by atoms with Crippen LogP contribution in [0.25, 0.3) is 0 Å². The third-order valence-electron chi connectivity index (χ3n) is 3.78. The fourth-order valence-corrected chi connectivity index (χ4v) is 2.16. The maximum Gasteiger partial charge on any atom is 0.418 e. The molecule has 0 aromatic heterocycles. The van der Waals surface area contributed by atoms with E-state index in [0.717, 1.165) is 6.07 Å². The zero-order valence-corrected chi connectivity index (χ0v) is 11.7. The number of nitrogens with two attached hydrogens (primary N) is 1. The highest BCUT2D eigenvalue weighted by atomic mass is 19.4. The second-order valence-corrected chi connectivity index (χ2v) is 5.43. The summed E-state index contributed by atoms with van der Waals surface area (Å²) in [5.74, 6) is 0. The van der Waals surface area contributed by atoms with Crippen molar-refractivity contribution in [1.82, 2.24) is 4.90 Å². The fraction of sp³-hybridized carbons (Fsp3) is 0.571. The van der Waals surface area contributed by atoms with Crippen molar-refractivity contribution in [3.8, 4) is 0 Å². The van der Waals surface area contributed by atoms with Crippen LogP contribution in [0.3, 0.4) is 0 Å². The Morgan fingerprint density at radius 1 is 1.40 bits per heavy atom. The first kappa shape index (κ1) is 15.0. The Morgan fingerprint density at radius 3 is 2.60 bits per heavy atom. The highest BCUT2D eigenvalue weighted by Crippen LogP contribution is 2.35. The van der Waals surface area contributed by atoms with E-state index in [9.17, 15) is 13.2 Å². The highest BCUT2D eigenvalue weighted by Gasteiger charge is 2.33. The number of benzene rings is 1. The summed E-state index contributed by atoms with van der Waals surface area (Å²) in [5.41, 5.74) is 4.79. The number of hydrogen-bond acceptors (Lipinski definition) is 3. The van der Waals surface area contributed by atoms with Crippen molar-refractivity contribution in [3.63, 3.8) is 0 Å². The summed E-state index contributed by atoms with van der Waals surface area (Å²) in [6, 6.07) is 4.84. The lowest BCUT2D eigenvalue weighted by Crippen LogP contribution is -2.36. The van der Waals surface area contributed by atoms with E-state index in [-0.39, 0.29) is 11.7 Å². The van der Waals surface area contributed by atoms with Gasteiger partial charge in [-0.3, -0.25) is 4.90 Å². The Morgan fingerprint density at radius 2 is 2.05 bits per heavy atom. The quantitative estimate of drug-likeness (QED) is 0.817. The van der Waals surface area contributed by atoms with E-state index in [1.54, 1.807) is 6.07 Å². The van der Waals surface area contributed by atoms with Gasteiger partial charge in [-0.15, -0.1) is 0 Å². The van der Waals surface area contributed by atoms with Crippen molar-refractivity contribution < 1.29 is 13.2 Å². The van der Waals surface area contributed by atoms with Crippen LogP contribution in [0.4, 0.5) is 24.5 Å². The van der Waals surface area contributed by atoms with Gasteiger partial charge in [-0.1, -0.05) is 0 Å². The minimum atomic E-state index is -4.42. The minimum Gasteiger partial charge on any atom is -0.398 e. The van der Waals surface area contributed by atoms with E-state index in [1.165, 1.54) is 18.9 Å². The molecule has 2 rings (SSSR count). The molecule has 0 radical (unpaired) electrons. The molecule has 3 N–H and O–H groups in total. The highest BCUT2D eigenvalue weighted by molar-refractivity contribution is 5.58. The number of rotatable bonds is 5. The number of alkyl halides is 3. The maximum atomic E-state index is 12.8. The lowest BCUT2D eigenvalue weighted by molar-refractivity contribution is -0.136. The smallest absolute Gasteiger partial charge is 0.398 e. The Kier molecular flexibility index (Phi) is 4.13. The maximum absolute atomic E-state index is 12.8. The molecule has 112 valence electrons. The summed E-state index contributed by atoms with van der Waals surface area (Å²) < 4.78 is 38.3. The monoisotopic (exact) mass is 287 g/mol. The molecule has 20 heavy (non-hydrogen) atoms. The van der Waals surface area contributed by atoms with Crippen LogP contribution in [0.1, 0.15) is 25.3 Å². The van der Waals surface area contributed by atoms with Crippen LogP contribution in [-0.2, 0) is 6.18 Å². The molecular weight excluding hydrogens is 267 g/mol. The van der Waals surface area contributed by atoms with E-state index in [2.05, 4.69) is 17.1 Å². The average molecular weight is 287 g/mol. The zero-order chi connectivity index (χ0) is 14.9. The predicted octanol–water partition coefficient (Wildman–Crippen LogP) is 3.18. The van der Waals surface area contributed by atoms with E-state index in [1.807, 2.05) is 7.05 Å². The van der Waals surface area contributed by atoms with E-state index < -0.39 is 11.7 Å². The van der Waals surface area contributed by atoms with Crippen molar-refractivity contribution >= 4 is 11.4 Å². The van der Waals surface area contributed by atoms with Crippen LogP contribution in [0.5, 0.6) is 0 Å². The summed E-state index contributed by atoms with van der Waals surface area (Å²) in [5, 5.41) is 3.05. The summed E-state index contributed by atoms with van der Waals surface area (Å²) in [6.07, 6.45) is -2.00. The van der Waals surface area contributed by atoms with Gasteiger partial charge in [0.05, 0.1) is 5.56 Å². The normalized spacial score (nSPS) is 17.3. The van der Waals surface area contributed by atoms with Gasteiger partial charge in [0.15, 0.2) is 0 Å². The molecular formula is C14H20F3N3. The van der Waals surface area contributed by atoms with Gasteiger partial charge in [0, 0.05) is 30.0 Å². The van der Waals surface area contributed by atoms with Crippen LogP contribution in [0, 0.1) is 0 Å². The summed E-state index contributed by atoms with van der Waals surface area (Å²) in [6.45, 7) is 2.67. The molecule has 3 nitrogen and oxygen atoms in total. The van der Waals surface area contributed by atoms with E-state index in [0.29, 0.717) is 18.3 Å². The van der Waals surface area contributed by atoms with Gasteiger partial charge in [0.2, 0.25) is 0 Å². The number of halogens is 3. The van der Waals surface area contributed by atoms with Gasteiger partial charge < -0.3 is 11.1 Å². The fourth-order valence-electron chi connectivity index (χ4n) is 2.16. The Labute approximate surface area is 116 Å². The lowest BCUT2D eigenvalue weighted by atomic mass is 10.1. The van der Waals surface area contributed by atoms with Crippen LogP contribution in [0.15, 0.2) is 18.2 Å². The molecule has 1 saturated carbocycles. The van der Waals surface area contributed by atoms with Gasteiger partial charge in [0.25, 0.3) is 0 Å². The van der Waals surface area contributed by atoms with Gasteiger partial charge in [-0.2, -0.15) is 13.2 Å². The molecule has 1 aliphatic carbocycles. The van der Waals surface area contributed by atoms with Crippen LogP contribution < -0.4 is 11.1 Å². The van der Waals surface area contributed by atoms with Gasteiger partial charge in [0.1, 0.15) is 0 Å². The number of nitrogens with zero attached hydrogens (tertiary/aromatic N) is 1. The minimum absolute atomic E-state index is 0.244. The van der Waals surface area contributed by atoms with Crippen molar-refractivity contribution in [1.29, 1.82) is 0 Å². The Hall–Kier alpha value is -1.43. The summed E-state index contributed by atoms with van der Waals surface area (Å²) >= 11 is 0. The summed E-state index contributed by atoms with van der Waals surface area (Å²) in [4.78, 5) is 2.26. The molecule has 0 saturated heterocycles. The molecule has 0 spiro atoms. The topological polar surface area (TPSA) is 41.3 Å². The third-order valence-corrected chi connectivity index (χ3v) is 3.78. The second kappa shape index (κ2) is 5.52. The van der Waals surface area contributed by atoms with Crippen molar-refractivity contribution in [2.75, 3.05) is 24.6 Å². The molecule has 1 aromatic carbocycles. The molecule has 1 fully saturated rings. The number of anilines is 2. The van der Waals surface area contributed by atoms with Crippen molar-refractivity contribution in [3.05, 3.63) is 23.8 Å². The van der Waals surface area contributed by atoms with Gasteiger partial charge in [-0.05, 0) is 45.0 Å². The van der Waals surface area contributed by atoms with Crippen molar-refractivity contribution in [2.24, 2.45) is 0 Å². The molecule has 1 atom stereocenters. The van der Waals surface area contributed by atoms with E-state index in [4.69, 9.17) is 5.73 Å². The Balaban J connectivity index is 1.99. The van der Waals surface area contributed by atoms with E-state index >= 15 is 0 Å². The lowest BCUT2D eigenvalue weighted by Gasteiger charge is -2.25. The second-order valence-electron chi connectivity index (χ2n) is 5.43. The standard InChI is InChI=1S/C14H20F3N3/c1-9(20(2)11-4-5-11)8-19-10-3-6-13(18)12(7-10)14(15,16)17/h3,6-7,9,11,19H,4-5,8,18H2,1-2H3. The third kappa shape index (κ3) is 3.56. The number of likely N-dealkylation sites (N-methyl/N-ethyl adjacent to an activating group) is 1. The molecule has 0 bridgehead atoms. The van der Waals surface area contributed by atoms with Gasteiger partial charge in [-0.25, -0.2) is 0 Å². The number of hydrogen-bond donors (Lipinski definition) is 2. The van der Waals surface area contributed by atoms with Gasteiger partial charge >= 0.3 is 6.18 Å². The summed E-state index contributed by atoms with van der Waals surface area (Å²) in [7, 11) is 2.05. The SMILES string of the molecule is CC(CNc1ccc(N)c(C(F)(F)F)c1)N(C)C1CC1. The first-order valence-electron chi connectivity index (χ1n) is 6.71. The first-order valence-corrected chi connectivity index (χ1v) is 6.71. The molecule has 1 unspecified atom stereocenters. The average Bonchev–Trinajstić information content (AvgIpc) is 3.19. The molecule has 0 aliphatic heterocycles. The largest absolute Gasteiger partial charge is 0.418 e. The number of nitrogen functional groups attached to an aromatic ring is 1. The first-order chi connectivity index (χ1) is 9.29. The van der Waals surface area contributed by atoms with Crippen LogP contribution >= 0.6 is 0 Å². The molecule has 0 amide bonds. The van der Waals surface area contributed by atoms with Crippen LogP contribution in [0.2, 0.25) is 0 Å². The Bertz CT molecular complexity index is 469. The van der Waals surface area contributed by atoms with Crippen molar-refractivity contribution in [2.45, 2.75) is 38.0 Å².